The Morgan fingerprint density at radius 1 is 1.25 bits per heavy atom. The molecule has 0 unspecified atom stereocenters. The van der Waals surface area contributed by atoms with Crippen LogP contribution >= 0.6 is 0 Å². The fraction of sp³-hybridized carbons (Fsp3) is 0.400. The fourth-order valence-corrected chi connectivity index (χ4v) is 4.70. The van der Waals surface area contributed by atoms with Gasteiger partial charge in [-0.15, -0.1) is 0 Å². The van der Waals surface area contributed by atoms with Gasteiger partial charge in [-0.2, -0.15) is 10.2 Å². The van der Waals surface area contributed by atoms with Crippen LogP contribution in [0.4, 0.5) is 10.2 Å². The topological polar surface area (TPSA) is 126 Å². The second-order valence-electron chi connectivity index (χ2n) is 9.10. The van der Waals surface area contributed by atoms with E-state index in [0.29, 0.717) is 5.56 Å². The van der Waals surface area contributed by atoms with Crippen molar-refractivity contribution in [1.29, 1.82) is 0 Å². The number of amides is 1. The highest BCUT2D eigenvalue weighted by molar-refractivity contribution is 5.93. The number of anilines is 1. The van der Waals surface area contributed by atoms with Gasteiger partial charge in [-0.25, -0.2) is 14.4 Å². The Morgan fingerprint density at radius 2 is 2.06 bits per heavy atom. The molecule has 0 aromatic carbocycles. The van der Waals surface area contributed by atoms with Gasteiger partial charge >= 0.3 is 0 Å². The van der Waals surface area contributed by atoms with E-state index in [1.165, 1.54) is 4.68 Å². The van der Waals surface area contributed by atoms with Crippen LogP contribution in [0.5, 0.6) is 5.88 Å². The third-order valence-corrected chi connectivity index (χ3v) is 6.49. The number of halogens is 1. The van der Waals surface area contributed by atoms with Crippen molar-refractivity contribution in [1.82, 2.24) is 29.5 Å². The molecule has 11 heteroatoms. The summed E-state index contributed by atoms with van der Waals surface area (Å²) in [6, 6.07) is 3.79. The highest BCUT2D eigenvalue weighted by Gasteiger charge is 2.28. The minimum atomic E-state index is -0.461. The fourth-order valence-electron chi connectivity index (χ4n) is 4.70. The standard InChI is InChI=1S/C25H29FN8O2/c1-3-28-22-10-20-19(12-30-22)24(16-11-31-33(13-16)14-21(27)35)32-34(20)17-4-6-18(7-5-17)36-25-23(26)15(2)8-9-29-25/h8-13,17-18H,3-7,14H2,1-2H3,(H2,27,35)(H,28,30). The summed E-state index contributed by atoms with van der Waals surface area (Å²) in [5.41, 5.74) is 8.34. The zero-order chi connectivity index (χ0) is 25.2. The predicted molar refractivity (Wildman–Crippen MR) is 133 cm³/mol. The van der Waals surface area contributed by atoms with Crippen LogP contribution in [0.25, 0.3) is 22.2 Å². The zero-order valence-electron chi connectivity index (χ0n) is 20.3. The summed E-state index contributed by atoms with van der Waals surface area (Å²) in [4.78, 5) is 19.9. The van der Waals surface area contributed by atoms with E-state index in [-0.39, 0.29) is 24.6 Å². The minimum absolute atomic E-state index is 0.00185. The average molecular weight is 493 g/mol. The molecule has 1 saturated carbocycles. The second-order valence-corrected chi connectivity index (χ2v) is 9.10. The summed E-state index contributed by atoms with van der Waals surface area (Å²) in [6.07, 6.45) is 9.91. The first-order chi connectivity index (χ1) is 17.4. The maximum Gasteiger partial charge on any atom is 0.250 e. The second kappa shape index (κ2) is 9.92. The first-order valence-electron chi connectivity index (χ1n) is 12.1. The lowest BCUT2D eigenvalue weighted by Gasteiger charge is -2.29. The number of aryl methyl sites for hydroxylation is 1. The molecule has 36 heavy (non-hydrogen) atoms. The van der Waals surface area contributed by atoms with Gasteiger partial charge in [0.05, 0.1) is 17.8 Å². The lowest BCUT2D eigenvalue weighted by atomic mass is 9.93. The van der Waals surface area contributed by atoms with Gasteiger partial charge in [-0.05, 0) is 51.2 Å². The molecule has 1 aliphatic carbocycles. The van der Waals surface area contributed by atoms with Gasteiger partial charge in [0, 0.05) is 42.2 Å². The van der Waals surface area contributed by atoms with E-state index in [9.17, 15) is 9.18 Å². The molecule has 5 rings (SSSR count). The van der Waals surface area contributed by atoms with Crippen LogP contribution < -0.4 is 15.8 Å². The Bertz CT molecular complexity index is 1390. The summed E-state index contributed by atoms with van der Waals surface area (Å²) in [6.45, 7) is 4.48. The average Bonchev–Trinajstić information content (AvgIpc) is 3.47. The summed E-state index contributed by atoms with van der Waals surface area (Å²) < 4.78 is 23.8. The van der Waals surface area contributed by atoms with Crippen molar-refractivity contribution in [3.8, 4) is 17.1 Å². The van der Waals surface area contributed by atoms with E-state index in [1.807, 2.05) is 19.2 Å². The van der Waals surface area contributed by atoms with Crippen LogP contribution in [0.15, 0.2) is 36.9 Å². The Labute approximate surface area is 207 Å². The smallest absolute Gasteiger partial charge is 0.250 e. The third-order valence-electron chi connectivity index (χ3n) is 6.49. The maximum absolute atomic E-state index is 14.4. The van der Waals surface area contributed by atoms with E-state index in [1.54, 1.807) is 31.6 Å². The monoisotopic (exact) mass is 492 g/mol. The van der Waals surface area contributed by atoms with Crippen molar-refractivity contribution in [2.24, 2.45) is 5.73 Å². The van der Waals surface area contributed by atoms with Gasteiger partial charge < -0.3 is 15.8 Å². The number of nitrogens with two attached hydrogens (primary N) is 1. The highest BCUT2D eigenvalue weighted by Crippen LogP contribution is 2.36. The number of fused-ring (bicyclic) bond motifs is 1. The summed E-state index contributed by atoms with van der Waals surface area (Å²) >= 11 is 0. The molecule has 0 bridgehead atoms. The molecule has 4 aromatic heterocycles. The van der Waals surface area contributed by atoms with Gasteiger partial charge in [0.15, 0.2) is 5.82 Å². The quantitative estimate of drug-likeness (QED) is 0.385. The molecule has 1 aliphatic rings. The number of aromatic nitrogens is 6. The van der Waals surface area contributed by atoms with Crippen molar-refractivity contribution in [2.45, 2.75) is 58.2 Å². The number of primary amides is 1. The zero-order valence-corrected chi connectivity index (χ0v) is 20.3. The van der Waals surface area contributed by atoms with Crippen molar-refractivity contribution < 1.29 is 13.9 Å². The van der Waals surface area contributed by atoms with Gasteiger partial charge in [0.25, 0.3) is 5.88 Å². The molecule has 0 radical (unpaired) electrons. The molecule has 4 aromatic rings. The first-order valence-corrected chi connectivity index (χ1v) is 12.1. The van der Waals surface area contributed by atoms with E-state index in [0.717, 1.165) is 60.2 Å². The van der Waals surface area contributed by atoms with Crippen LogP contribution in [0.3, 0.4) is 0 Å². The normalized spacial score (nSPS) is 17.9. The first kappa shape index (κ1) is 23.7. The van der Waals surface area contributed by atoms with E-state index in [4.69, 9.17) is 15.6 Å². The highest BCUT2D eigenvalue weighted by atomic mass is 19.1. The molecule has 0 atom stereocenters. The lowest BCUT2D eigenvalue weighted by molar-refractivity contribution is -0.118. The number of hydrogen-bond donors (Lipinski definition) is 2. The predicted octanol–water partition coefficient (Wildman–Crippen LogP) is 3.62. The number of hydrogen-bond acceptors (Lipinski definition) is 7. The number of carbonyl (C=O) groups is 1. The molecule has 0 spiro atoms. The molecule has 1 amide bonds. The number of carbonyl (C=O) groups excluding carboxylic acids is 1. The number of nitrogens with zero attached hydrogens (tertiary/aromatic N) is 6. The van der Waals surface area contributed by atoms with Crippen molar-refractivity contribution in [3.63, 3.8) is 0 Å². The number of nitrogens with one attached hydrogen (secondary N) is 1. The molecule has 0 aliphatic heterocycles. The van der Waals surface area contributed by atoms with Crippen molar-refractivity contribution >= 4 is 22.6 Å². The van der Waals surface area contributed by atoms with Crippen LogP contribution in [-0.4, -0.2) is 48.1 Å². The minimum Gasteiger partial charge on any atom is -0.472 e. The summed E-state index contributed by atoms with van der Waals surface area (Å²) in [5, 5.41) is 13.4. The number of pyridine rings is 2. The SMILES string of the molecule is CCNc1cc2c(cn1)c(-c1cnn(CC(N)=O)c1)nn2C1CCC(Oc2nccc(C)c2F)CC1. The molecule has 0 saturated heterocycles. The van der Waals surface area contributed by atoms with Crippen LogP contribution in [0.1, 0.15) is 44.2 Å². The van der Waals surface area contributed by atoms with Crippen LogP contribution in [0.2, 0.25) is 0 Å². The lowest BCUT2D eigenvalue weighted by Crippen LogP contribution is -2.27. The van der Waals surface area contributed by atoms with E-state index in [2.05, 4.69) is 25.1 Å². The van der Waals surface area contributed by atoms with E-state index < -0.39 is 11.7 Å². The largest absolute Gasteiger partial charge is 0.472 e. The molecular weight excluding hydrogens is 463 g/mol. The molecule has 1 fully saturated rings. The van der Waals surface area contributed by atoms with Gasteiger partial charge in [-0.1, -0.05) is 0 Å². The van der Waals surface area contributed by atoms with Gasteiger partial charge in [0.1, 0.15) is 24.2 Å². The number of ether oxygens (including phenoxy) is 1. The molecular formula is C25H29FN8O2. The molecule has 10 nitrogen and oxygen atoms in total. The third kappa shape index (κ3) is 4.73. The molecule has 4 heterocycles. The molecule has 3 N–H and O–H groups in total. The Kier molecular flexibility index (Phi) is 6.53. The Morgan fingerprint density at radius 3 is 2.81 bits per heavy atom. The Hall–Kier alpha value is -4.02. The van der Waals surface area contributed by atoms with Gasteiger partial charge in [-0.3, -0.25) is 14.2 Å². The van der Waals surface area contributed by atoms with Crippen molar-refractivity contribution in [2.75, 3.05) is 11.9 Å². The van der Waals surface area contributed by atoms with E-state index >= 15 is 0 Å². The van der Waals surface area contributed by atoms with Crippen LogP contribution in [-0.2, 0) is 11.3 Å². The maximum atomic E-state index is 14.4. The Balaban J connectivity index is 1.41. The number of rotatable bonds is 8. The molecule has 188 valence electrons. The van der Waals surface area contributed by atoms with Crippen molar-refractivity contribution in [3.05, 3.63) is 48.3 Å². The summed E-state index contributed by atoms with van der Waals surface area (Å²) in [5.74, 6) is -0.0147. The summed E-state index contributed by atoms with van der Waals surface area (Å²) in [7, 11) is 0. The van der Waals surface area contributed by atoms with Gasteiger partial charge in [0.2, 0.25) is 5.91 Å². The van der Waals surface area contributed by atoms with Crippen LogP contribution in [0, 0.1) is 12.7 Å².